The van der Waals surface area contributed by atoms with E-state index in [0.29, 0.717) is 40.9 Å². The lowest BCUT2D eigenvalue weighted by atomic mass is 10.1. The minimum atomic E-state index is -0.319. The van der Waals surface area contributed by atoms with Crippen LogP contribution in [0.4, 0.5) is 10.5 Å². The van der Waals surface area contributed by atoms with E-state index in [1.54, 1.807) is 45.6 Å². The highest BCUT2D eigenvalue weighted by Gasteiger charge is 2.13. The Balaban J connectivity index is 1.95. The number of hydrogen-bond donors (Lipinski definition) is 2. The standard InChI is InChI=1S/C18H21ClN2O4/c1-23-15-10-12(11-16(24-2)17(15)25-3)8-9-20-18(22)21-14-7-5-4-6-13(14)19/h4-7,10-11H,8-9H2,1-3H3,(H2,20,21,22). The smallest absolute Gasteiger partial charge is 0.319 e. The Bertz CT molecular complexity index is 712. The molecule has 0 aliphatic heterocycles. The monoisotopic (exact) mass is 364 g/mol. The second-order valence-corrected chi connectivity index (χ2v) is 5.55. The Morgan fingerprint density at radius 1 is 1.04 bits per heavy atom. The van der Waals surface area contributed by atoms with Gasteiger partial charge in [0, 0.05) is 6.54 Å². The van der Waals surface area contributed by atoms with E-state index in [0.717, 1.165) is 5.56 Å². The van der Waals surface area contributed by atoms with Gasteiger partial charge in [0.25, 0.3) is 0 Å². The molecule has 0 heterocycles. The van der Waals surface area contributed by atoms with E-state index < -0.39 is 0 Å². The maximum absolute atomic E-state index is 12.0. The second-order valence-electron chi connectivity index (χ2n) is 5.14. The third-order valence-corrected chi connectivity index (χ3v) is 3.88. The van der Waals surface area contributed by atoms with E-state index in [9.17, 15) is 4.79 Å². The maximum atomic E-state index is 12.0. The summed E-state index contributed by atoms with van der Waals surface area (Å²) in [6.07, 6.45) is 0.604. The molecule has 0 atom stereocenters. The number of benzene rings is 2. The van der Waals surface area contributed by atoms with Crippen LogP contribution in [0.5, 0.6) is 17.2 Å². The van der Waals surface area contributed by atoms with Gasteiger partial charge in [0.05, 0.1) is 32.0 Å². The number of carbonyl (C=O) groups excluding carboxylic acids is 1. The second kappa shape index (κ2) is 9.03. The van der Waals surface area contributed by atoms with Crippen LogP contribution in [-0.4, -0.2) is 33.9 Å². The lowest BCUT2D eigenvalue weighted by Crippen LogP contribution is -2.30. The Morgan fingerprint density at radius 2 is 1.68 bits per heavy atom. The normalized spacial score (nSPS) is 10.1. The molecule has 25 heavy (non-hydrogen) atoms. The van der Waals surface area contributed by atoms with Crippen molar-refractivity contribution in [2.75, 3.05) is 33.2 Å². The van der Waals surface area contributed by atoms with Gasteiger partial charge in [0.15, 0.2) is 11.5 Å². The largest absolute Gasteiger partial charge is 0.493 e. The van der Waals surface area contributed by atoms with Gasteiger partial charge in [-0.15, -0.1) is 0 Å². The number of hydrogen-bond acceptors (Lipinski definition) is 4. The molecule has 2 aromatic carbocycles. The third-order valence-electron chi connectivity index (χ3n) is 3.55. The SMILES string of the molecule is COc1cc(CCNC(=O)Nc2ccccc2Cl)cc(OC)c1OC. The number of methoxy groups -OCH3 is 3. The molecule has 0 aliphatic rings. The van der Waals surface area contributed by atoms with Crippen LogP contribution in [0.3, 0.4) is 0 Å². The van der Waals surface area contributed by atoms with Crippen molar-refractivity contribution in [3.63, 3.8) is 0 Å². The van der Waals surface area contributed by atoms with Crippen molar-refractivity contribution < 1.29 is 19.0 Å². The third kappa shape index (κ3) is 4.93. The molecule has 0 fully saturated rings. The number of anilines is 1. The first-order chi connectivity index (χ1) is 12.1. The molecule has 0 radical (unpaired) electrons. The van der Waals surface area contributed by atoms with Gasteiger partial charge in [-0.25, -0.2) is 4.79 Å². The summed E-state index contributed by atoms with van der Waals surface area (Å²) >= 11 is 6.01. The summed E-state index contributed by atoms with van der Waals surface area (Å²) in [7, 11) is 4.69. The molecule has 0 aliphatic carbocycles. The van der Waals surface area contributed by atoms with Gasteiger partial charge in [-0.3, -0.25) is 0 Å². The predicted molar refractivity (Wildman–Crippen MR) is 98.3 cm³/mol. The highest BCUT2D eigenvalue weighted by Crippen LogP contribution is 2.38. The molecule has 2 amide bonds. The molecular formula is C18H21ClN2O4. The minimum absolute atomic E-state index is 0.319. The van der Waals surface area contributed by atoms with E-state index in [-0.39, 0.29) is 6.03 Å². The van der Waals surface area contributed by atoms with E-state index in [1.807, 2.05) is 12.1 Å². The lowest BCUT2D eigenvalue weighted by molar-refractivity contribution is 0.252. The molecule has 0 saturated heterocycles. The fourth-order valence-corrected chi connectivity index (χ4v) is 2.51. The highest BCUT2D eigenvalue weighted by atomic mass is 35.5. The fraction of sp³-hybridized carbons (Fsp3) is 0.278. The Kier molecular flexibility index (Phi) is 6.77. The van der Waals surface area contributed by atoms with Gasteiger partial charge in [0.2, 0.25) is 5.75 Å². The molecule has 0 unspecified atom stereocenters. The molecule has 0 spiro atoms. The summed E-state index contributed by atoms with van der Waals surface area (Å²) in [5, 5.41) is 5.99. The quantitative estimate of drug-likeness (QED) is 0.785. The first-order valence-corrected chi connectivity index (χ1v) is 8.05. The van der Waals surface area contributed by atoms with Crippen molar-refractivity contribution in [1.82, 2.24) is 5.32 Å². The highest BCUT2D eigenvalue weighted by molar-refractivity contribution is 6.33. The number of ether oxygens (including phenoxy) is 3. The van der Waals surface area contributed by atoms with E-state index in [2.05, 4.69) is 10.6 Å². The first kappa shape index (κ1) is 18.7. The molecule has 2 rings (SSSR count). The molecule has 0 aromatic heterocycles. The molecule has 2 N–H and O–H groups in total. The zero-order chi connectivity index (χ0) is 18.2. The van der Waals surface area contributed by atoms with Crippen LogP contribution in [-0.2, 0) is 6.42 Å². The van der Waals surface area contributed by atoms with Gasteiger partial charge in [0.1, 0.15) is 0 Å². The number of urea groups is 1. The van der Waals surface area contributed by atoms with Gasteiger partial charge >= 0.3 is 6.03 Å². The molecular weight excluding hydrogens is 344 g/mol. The van der Waals surface area contributed by atoms with Crippen LogP contribution < -0.4 is 24.8 Å². The van der Waals surface area contributed by atoms with E-state index in [4.69, 9.17) is 25.8 Å². The van der Waals surface area contributed by atoms with Gasteiger partial charge in [-0.1, -0.05) is 23.7 Å². The average Bonchev–Trinajstić information content (AvgIpc) is 2.62. The summed E-state index contributed by atoms with van der Waals surface area (Å²) in [5.74, 6) is 1.70. The van der Waals surface area contributed by atoms with Crippen molar-refractivity contribution >= 4 is 23.3 Å². The fourth-order valence-electron chi connectivity index (χ4n) is 2.33. The zero-order valence-electron chi connectivity index (χ0n) is 14.4. The topological polar surface area (TPSA) is 68.8 Å². The summed E-state index contributed by atoms with van der Waals surface area (Å²) in [6.45, 7) is 0.439. The average molecular weight is 365 g/mol. The number of rotatable bonds is 7. The van der Waals surface area contributed by atoms with Crippen LogP contribution in [0.25, 0.3) is 0 Å². The Hall–Kier alpha value is -2.60. The molecule has 6 nitrogen and oxygen atoms in total. The van der Waals surface area contributed by atoms with Crippen LogP contribution in [0.2, 0.25) is 5.02 Å². The Labute approximate surface area is 152 Å². The van der Waals surface area contributed by atoms with Crippen LogP contribution in [0.1, 0.15) is 5.56 Å². The molecule has 0 saturated carbocycles. The summed E-state index contributed by atoms with van der Waals surface area (Å²) in [6, 6.07) is 10.5. The summed E-state index contributed by atoms with van der Waals surface area (Å²) in [5.41, 5.74) is 1.52. The van der Waals surface area contributed by atoms with E-state index >= 15 is 0 Å². The molecule has 7 heteroatoms. The van der Waals surface area contributed by atoms with Gasteiger partial charge in [-0.2, -0.15) is 0 Å². The van der Waals surface area contributed by atoms with E-state index in [1.165, 1.54) is 0 Å². The lowest BCUT2D eigenvalue weighted by Gasteiger charge is -2.14. The van der Waals surface area contributed by atoms with Crippen molar-refractivity contribution in [3.8, 4) is 17.2 Å². The molecule has 0 bridgehead atoms. The first-order valence-electron chi connectivity index (χ1n) is 7.67. The van der Waals surface area contributed by atoms with Crippen molar-refractivity contribution in [3.05, 3.63) is 47.0 Å². The Morgan fingerprint density at radius 3 is 2.24 bits per heavy atom. The predicted octanol–water partition coefficient (Wildman–Crippen LogP) is 3.73. The number of amides is 2. The minimum Gasteiger partial charge on any atom is -0.493 e. The molecule has 2 aromatic rings. The number of halogens is 1. The van der Waals surface area contributed by atoms with Gasteiger partial charge < -0.3 is 24.8 Å². The maximum Gasteiger partial charge on any atom is 0.319 e. The zero-order valence-corrected chi connectivity index (χ0v) is 15.1. The van der Waals surface area contributed by atoms with Gasteiger partial charge in [-0.05, 0) is 36.2 Å². The van der Waals surface area contributed by atoms with Crippen LogP contribution in [0, 0.1) is 0 Å². The number of para-hydroxylation sites is 1. The van der Waals surface area contributed by atoms with Crippen LogP contribution in [0.15, 0.2) is 36.4 Å². The molecule has 134 valence electrons. The number of carbonyl (C=O) groups is 1. The number of nitrogens with one attached hydrogen (secondary N) is 2. The van der Waals surface area contributed by atoms with Crippen LogP contribution >= 0.6 is 11.6 Å². The summed E-state index contributed by atoms with van der Waals surface area (Å²) < 4.78 is 15.9. The summed E-state index contributed by atoms with van der Waals surface area (Å²) in [4.78, 5) is 12.0. The van der Waals surface area contributed by atoms with Crippen molar-refractivity contribution in [2.24, 2.45) is 0 Å². The van der Waals surface area contributed by atoms with Crippen molar-refractivity contribution in [1.29, 1.82) is 0 Å². The van der Waals surface area contributed by atoms with Crippen molar-refractivity contribution in [2.45, 2.75) is 6.42 Å².